The van der Waals surface area contributed by atoms with Crippen molar-refractivity contribution in [3.63, 3.8) is 0 Å². The van der Waals surface area contributed by atoms with Crippen molar-refractivity contribution in [1.29, 1.82) is 0 Å². The van der Waals surface area contributed by atoms with Crippen LogP contribution >= 0.6 is 11.3 Å². The summed E-state index contributed by atoms with van der Waals surface area (Å²) in [6.45, 7) is 2.34. The first kappa shape index (κ1) is 38.4. The van der Waals surface area contributed by atoms with Gasteiger partial charge in [0.2, 0.25) is 6.79 Å². The van der Waals surface area contributed by atoms with E-state index >= 15 is 0 Å². The van der Waals surface area contributed by atoms with E-state index in [1.807, 2.05) is 29.6 Å². The highest BCUT2D eigenvalue weighted by atomic mass is 32.1. The van der Waals surface area contributed by atoms with Crippen LogP contribution in [0.1, 0.15) is 141 Å². The van der Waals surface area contributed by atoms with Gasteiger partial charge in [-0.3, -0.25) is 4.79 Å². The largest absolute Gasteiger partial charge is 0.485 e. The fourth-order valence-corrected chi connectivity index (χ4v) is 6.63. The number of esters is 1. The average molecular weight is 666 g/mol. The van der Waals surface area contributed by atoms with E-state index in [4.69, 9.17) is 14.2 Å². The maximum atomic E-state index is 12.6. The molecule has 1 atom stereocenters. The number of carbonyl (C=O) groups is 2. The van der Waals surface area contributed by atoms with Gasteiger partial charge < -0.3 is 19.1 Å². The molecule has 0 fully saturated rings. The van der Waals surface area contributed by atoms with Crippen molar-refractivity contribution in [2.24, 2.45) is 0 Å². The Morgan fingerprint density at radius 2 is 1.32 bits per heavy atom. The molecule has 47 heavy (non-hydrogen) atoms. The van der Waals surface area contributed by atoms with Crippen molar-refractivity contribution in [2.75, 3.05) is 20.4 Å². The lowest BCUT2D eigenvalue weighted by atomic mass is 10.0. The van der Waals surface area contributed by atoms with Gasteiger partial charge in [-0.2, -0.15) is 11.3 Å². The van der Waals surface area contributed by atoms with Crippen LogP contribution in [0.4, 0.5) is 4.79 Å². The number of hydrogen-bond acceptors (Lipinski definition) is 6. The summed E-state index contributed by atoms with van der Waals surface area (Å²) in [7, 11) is 1.68. The van der Waals surface area contributed by atoms with Crippen LogP contribution in [0.3, 0.4) is 0 Å². The van der Waals surface area contributed by atoms with Gasteiger partial charge in [0.15, 0.2) is 0 Å². The van der Waals surface area contributed by atoms with Gasteiger partial charge in [0, 0.05) is 37.4 Å². The van der Waals surface area contributed by atoms with Gasteiger partial charge in [-0.1, -0.05) is 146 Å². The second-order valence-corrected chi connectivity index (χ2v) is 13.6. The number of thiophene rings is 1. The van der Waals surface area contributed by atoms with Crippen LogP contribution in [0.5, 0.6) is 5.75 Å². The van der Waals surface area contributed by atoms with E-state index in [0.29, 0.717) is 19.4 Å². The lowest BCUT2D eigenvalue weighted by molar-refractivity contribution is -0.152. The zero-order valence-corrected chi connectivity index (χ0v) is 29.9. The highest BCUT2D eigenvalue weighted by Gasteiger charge is 2.19. The Kier molecular flexibility index (Phi) is 19.7. The summed E-state index contributed by atoms with van der Waals surface area (Å²) < 4.78 is 16.9. The van der Waals surface area contributed by atoms with E-state index < -0.39 is 6.09 Å². The molecule has 2 aromatic carbocycles. The molecule has 0 bridgehead atoms. The van der Waals surface area contributed by atoms with Gasteiger partial charge >= 0.3 is 12.1 Å². The van der Waals surface area contributed by atoms with Crippen LogP contribution in [0, 0.1) is 0 Å². The number of rotatable bonds is 26. The van der Waals surface area contributed by atoms with Crippen LogP contribution in [-0.4, -0.2) is 37.3 Å². The quantitative estimate of drug-likeness (QED) is 0.0485. The van der Waals surface area contributed by atoms with E-state index in [2.05, 4.69) is 36.6 Å². The molecular weight excluding hydrogens is 607 g/mol. The predicted octanol–water partition coefficient (Wildman–Crippen LogP) is 12.0. The third-order valence-corrected chi connectivity index (χ3v) is 9.56. The van der Waals surface area contributed by atoms with Crippen molar-refractivity contribution in [2.45, 2.75) is 135 Å². The molecule has 0 spiro atoms. The smallest absolute Gasteiger partial charge is 0.412 e. The van der Waals surface area contributed by atoms with Crippen LogP contribution in [0.15, 0.2) is 59.3 Å². The molecule has 0 saturated heterocycles. The molecule has 7 heteroatoms. The fraction of sp³-hybridized carbons (Fsp3) is 0.600. The van der Waals surface area contributed by atoms with E-state index in [1.54, 1.807) is 18.4 Å². The van der Waals surface area contributed by atoms with Gasteiger partial charge in [0.05, 0.1) is 0 Å². The van der Waals surface area contributed by atoms with E-state index in [-0.39, 0.29) is 18.9 Å². The zero-order valence-electron chi connectivity index (χ0n) is 29.1. The summed E-state index contributed by atoms with van der Waals surface area (Å²) in [5, 5.41) is 6.28. The molecule has 0 N–H and O–H groups in total. The van der Waals surface area contributed by atoms with Gasteiger partial charge in [-0.15, -0.1) is 0 Å². The molecule has 0 aliphatic carbocycles. The number of hydrogen-bond donors (Lipinski definition) is 0. The summed E-state index contributed by atoms with van der Waals surface area (Å²) in [5.74, 6) is 0.499. The Morgan fingerprint density at radius 1 is 0.723 bits per heavy atom. The molecule has 1 unspecified atom stereocenters. The lowest BCUT2D eigenvalue weighted by Gasteiger charge is -2.23. The van der Waals surface area contributed by atoms with E-state index in [0.717, 1.165) is 41.3 Å². The van der Waals surface area contributed by atoms with Crippen LogP contribution in [0.25, 0.3) is 10.8 Å². The van der Waals surface area contributed by atoms with Gasteiger partial charge in [-0.25, -0.2) is 4.79 Å². The Morgan fingerprint density at radius 3 is 1.94 bits per heavy atom. The Bertz CT molecular complexity index is 1240. The zero-order chi connectivity index (χ0) is 33.4. The Hall–Kier alpha value is -3.06. The standard InChI is InChI=1S/C40H59NO5S/c1-3-4-5-6-7-8-9-10-11-12-13-14-15-16-17-18-19-27-39(42)44-33-45-40(43)41(2)30-28-37(35-29-31-47-32-35)46-38-26-22-24-34-23-20-21-25-36(34)38/h20-26,29,31-32,37H,3-19,27-28,30,33H2,1-2H3. The fourth-order valence-electron chi connectivity index (χ4n) is 5.93. The third kappa shape index (κ3) is 16.1. The van der Waals surface area contributed by atoms with Gasteiger partial charge in [-0.05, 0) is 34.7 Å². The summed E-state index contributed by atoms with van der Waals surface area (Å²) in [4.78, 5) is 26.2. The minimum atomic E-state index is -0.523. The second kappa shape index (κ2) is 24.1. The van der Waals surface area contributed by atoms with Crippen LogP contribution < -0.4 is 4.74 Å². The molecular formula is C40H59NO5S. The van der Waals surface area contributed by atoms with Crippen molar-refractivity contribution < 1.29 is 23.8 Å². The molecule has 260 valence electrons. The number of fused-ring (bicyclic) bond motifs is 1. The molecule has 0 saturated carbocycles. The predicted molar refractivity (Wildman–Crippen MR) is 195 cm³/mol. The number of amides is 1. The van der Waals surface area contributed by atoms with Gasteiger partial charge in [0.25, 0.3) is 0 Å². The number of benzene rings is 2. The van der Waals surface area contributed by atoms with Crippen molar-refractivity contribution in [3.8, 4) is 5.75 Å². The average Bonchev–Trinajstić information content (AvgIpc) is 3.63. The van der Waals surface area contributed by atoms with Gasteiger partial charge in [0.1, 0.15) is 11.9 Å². The summed E-state index contributed by atoms with van der Waals surface area (Å²) >= 11 is 1.62. The number of carbonyl (C=O) groups excluding carboxylic acids is 2. The molecule has 1 amide bonds. The summed E-state index contributed by atoms with van der Waals surface area (Å²) in [5.41, 5.74) is 1.07. The normalized spacial score (nSPS) is 11.8. The van der Waals surface area contributed by atoms with Crippen LogP contribution in [-0.2, 0) is 14.3 Å². The molecule has 0 radical (unpaired) electrons. The summed E-state index contributed by atoms with van der Waals surface area (Å²) in [6.07, 6.45) is 22.4. The maximum absolute atomic E-state index is 12.6. The molecule has 0 aliphatic rings. The minimum absolute atomic E-state index is 0.218. The molecule has 1 heterocycles. The van der Waals surface area contributed by atoms with E-state index in [1.165, 1.54) is 94.8 Å². The molecule has 3 aromatic rings. The topological polar surface area (TPSA) is 65.1 Å². The third-order valence-electron chi connectivity index (χ3n) is 8.86. The first-order chi connectivity index (χ1) is 23.1. The van der Waals surface area contributed by atoms with Crippen LogP contribution in [0.2, 0.25) is 0 Å². The SMILES string of the molecule is CCCCCCCCCCCCCCCCCCCC(=O)OCOC(=O)N(C)CCC(Oc1cccc2ccccc12)c1ccsc1. The Labute approximate surface area is 288 Å². The summed E-state index contributed by atoms with van der Waals surface area (Å²) in [6, 6.07) is 16.2. The maximum Gasteiger partial charge on any atom is 0.412 e. The molecule has 0 aliphatic heterocycles. The van der Waals surface area contributed by atoms with Crippen molar-refractivity contribution >= 4 is 34.2 Å². The van der Waals surface area contributed by atoms with Crippen molar-refractivity contribution in [3.05, 3.63) is 64.9 Å². The Balaban J connectivity index is 1.18. The highest BCUT2D eigenvalue weighted by Crippen LogP contribution is 2.32. The number of nitrogens with zero attached hydrogens (tertiary/aromatic N) is 1. The van der Waals surface area contributed by atoms with Crippen molar-refractivity contribution in [1.82, 2.24) is 4.90 Å². The van der Waals surface area contributed by atoms with E-state index in [9.17, 15) is 9.59 Å². The first-order valence-corrected chi connectivity index (χ1v) is 19.2. The highest BCUT2D eigenvalue weighted by molar-refractivity contribution is 7.08. The molecule has 3 rings (SSSR count). The lowest BCUT2D eigenvalue weighted by Crippen LogP contribution is -2.30. The number of ether oxygens (including phenoxy) is 3. The molecule has 1 aromatic heterocycles. The monoisotopic (exact) mass is 665 g/mol. The second-order valence-electron chi connectivity index (χ2n) is 12.8. The number of unbranched alkanes of at least 4 members (excludes halogenated alkanes) is 16. The minimum Gasteiger partial charge on any atom is -0.485 e. The first-order valence-electron chi connectivity index (χ1n) is 18.3. The molecule has 6 nitrogen and oxygen atoms in total.